The monoisotopic (exact) mass is 199 g/mol. The Labute approximate surface area is 83.4 Å². The summed E-state index contributed by atoms with van der Waals surface area (Å²) in [5.74, 6) is 0.0750. The first-order valence-corrected chi connectivity index (χ1v) is 5.12. The number of nitrogens with one attached hydrogen (secondary N) is 2. The molecule has 2 fully saturated rings. The van der Waals surface area contributed by atoms with E-state index in [9.17, 15) is 4.79 Å². The first-order chi connectivity index (χ1) is 6.75. The second-order valence-electron chi connectivity index (χ2n) is 4.00. The van der Waals surface area contributed by atoms with Gasteiger partial charge in [0, 0.05) is 31.1 Å². The highest BCUT2D eigenvalue weighted by Gasteiger charge is 2.35. The van der Waals surface area contributed by atoms with Gasteiger partial charge in [0.25, 0.3) is 0 Å². The van der Waals surface area contributed by atoms with E-state index in [2.05, 4.69) is 10.6 Å². The highest BCUT2D eigenvalue weighted by Crippen LogP contribution is 2.17. The van der Waals surface area contributed by atoms with Gasteiger partial charge in [0.1, 0.15) is 0 Å². The molecular formula is C9H17N3O2. The summed E-state index contributed by atoms with van der Waals surface area (Å²) in [5, 5.41) is 6.13. The molecule has 2 rings (SSSR count). The Morgan fingerprint density at radius 3 is 3.00 bits per heavy atom. The minimum absolute atomic E-state index is 0.0750. The smallest absolute Gasteiger partial charge is 0.221 e. The van der Waals surface area contributed by atoms with Crippen molar-refractivity contribution < 1.29 is 9.53 Å². The molecule has 5 nitrogen and oxygen atoms in total. The topological polar surface area (TPSA) is 76.4 Å². The third kappa shape index (κ3) is 2.67. The Hall–Kier alpha value is -0.650. The Kier molecular flexibility index (Phi) is 3.00. The van der Waals surface area contributed by atoms with Crippen molar-refractivity contribution in [2.45, 2.75) is 31.0 Å². The number of amides is 1. The van der Waals surface area contributed by atoms with Crippen LogP contribution in [0.15, 0.2) is 0 Å². The molecule has 0 bridgehead atoms. The van der Waals surface area contributed by atoms with Crippen LogP contribution < -0.4 is 16.4 Å². The SMILES string of the molecule is NC1CC1NC(=O)CC1COCCN1. The Morgan fingerprint density at radius 2 is 2.43 bits per heavy atom. The summed E-state index contributed by atoms with van der Waals surface area (Å²) in [7, 11) is 0. The van der Waals surface area contributed by atoms with Gasteiger partial charge in [0.2, 0.25) is 5.91 Å². The maximum Gasteiger partial charge on any atom is 0.221 e. The van der Waals surface area contributed by atoms with Gasteiger partial charge in [-0.05, 0) is 6.42 Å². The first-order valence-electron chi connectivity index (χ1n) is 5.12. The van der Waals surface area contributed by atoms with Crippen LogP contribution in [0.5, 0.6) is 0 Å². The molecule has 2 aliphatic rings. The zero-order valence-electron chi connectivity index (χ0n) is 8.16. The normalized spacial score (nSPS) is 36.5. The molecule has 80 valence electrons. The van der Waals surface area contributed by atoms with Crippen LogP contribution >= 0.6 is 0 Å². The summed E-state index contributed by atoms with van der Waals surface area (Å²) in [6.07, 6.45) is 1.41. The van der Waals surface area contributed by atoms with Gasteiger partial charge in [0.05, 0.1) is 13.2 Å². The molecule has 0 spiro atoms. The molecular weight excluding hydrogens is 182 g/mol. The average Bonchev–Trinajstić information content (AvgIpc) is 2.83. The van der Waals surface area contributed by atoms with E-state index in [-0.39, 0.29) is 24.0 Å². The maximum atomic E-state index is 11.4. The molecule has 3 unspecified atom stereocenters. The van der Waals surface area contributed by atoms with E-state index in [1.54, 1.807) is 0 Å². The molecule has 14 heavy (non-hydrogen) atoms. The molecule has 0 radical (unpaired) electrons. The van der Waals surface area contributed by atoms with Crippen molar-refractivity contribution in [1.29, 1.82) is 0 Å². The molecule has 5 heteroatoms. The third-order valence-electron chi connectivity index (χ3n) is 2.62. The second kappa shape index (κ2) is 4.25. The van der Waals surface area contributed by atoms with Gasteiger partial charge in [-0.15, -0.1) is 0 Å². The van der Waals surface area contributed by atoms with Crippen molar-refractivity contribution in [3.8, 4) is 0 Å². The quantitative estimate of drug-likeness (QED) is 0.521. The predicted molar refractivity (Wildman–Crippen MR) is 51.7 cm³/mol. The van der Waals surface area contributed by atoms with E-state index < -0.39 is 0 Å². The standard InChI is InChI=1S/C9H17N3O2/c10-7-4-8(7)12-9(13)3-6-5-14-2-1-11-6/h6-8,11H,1-5,10H2,(H,12,13). The fourth-order valence-electron chi connectivity index (χ4n) is 1.62. The van der Waals surface area contributed by atoms with Crippen molar-refractivity contribution in [2.75, 3.05) is 19.8 Å². The highest BCUT2D eigenvalue weighted by molar-refractivity contribution is 5.77. The minimum atomic E-state index is 0.0750. The van der Waals surface area contributed by atoms with Gasteiger partial charge >= 0.3 is 0 Å². The summed E-state index contributed by atoms with van der Waals surface area (Å²) in [6.45, 7) is 2.21. The zero-order valence-corrected chi connectivity index (χ0v) is 8.16. The Bertz CT molecular complexity index is 216. The number of morpholine rings is 1. The van der Waals surface area contributed by atoms with Crippen molar-refractivity contribution in [3.05, 3.63) is 0 Å². The van der Waals surface area contributed by atoms with Crippen LogP contribution in [0.25, 0.3) is 0 Å². The van der Waals surface area contributed by atoms with E-state index in [0.29, 0.717) is 13.0 Å². The summed E-state index contributed by atoms with van der Waals surface area (Å²) < 4.78 is 5.26. The number of carbonyl (C=O) groups is 1. The van der Waals surface area contributed by atoms with Gasteiger partial charge in [-0.25, -0.2) is 0 Å². The minimum Gasteiger partial charge on any atom is -0.378 e. The lowest BCUT2D eigenvalue weighted by atomic mass is 10.2. The zero-order chi connectivity index (χ0) is 9.97. The van der Waals surface area contributed by atoms with Gasteiger partial charge < -0.3 is 21.1 Å². The van der Waals surface area contributed by atoms with Gasteiger partial charge in [0.15, 0.2) is 0 Å². The average molecular weight is 199 g/mol. The molecule has 1 aliphatic carbocycles. The van der Waals surface area contributed by atoms with Gasteiger partial charge in [-0.3, -0.25) is 4.79 Å². The van der Waals surface area contributed by atoms with Crippen LogP contribution in [0.2, 0.25) is 0 Å². The number of nitrogens with two attached hydrogens (primary N) is 1. The fourth-order valence-corrected chi connectivity index (χ4v) is 1.62. The van der Waals surface area contributed by atoms with Gasteiger partial charge in [-0.1, -0.05) is 0 Å². The van der Waals surface area contributed by atoms with Gasteiger partial charge in [-0.2, -0.15) is 0 Å². The molecule has 0 aromatic carbocycles. The van der Waals surface area contributed by atoms with E-state index >= 15 is 0 Å². The summed E-state index contributed by atoms with van der Waals surface area (Å²) >= 11 is 0. The fraction of sp³-hybridized carbons (Fsp3) is 0.889. The van der Waals surface area contributed by atoms with Crippen molar-refractivity contribution in [2.24, 2.45) is 5.73 Å². The molecule has 3 atom stereocenters. The Morgan fingerprint density at radius 1 is 1.64 bits per heavy atom. The van der Waals surface area contributed by atoms with Crippen LogP contribution in [0.1, 0.15) is 12.8 Å². The maximum absolute atomic E-state index is 11.4. The molecule has 1 aliphatic heterocycles. The molecule has 0 aromatic heterocycles. The lowest BCUT2D eigenvalue weighted by Crippen LogP contribution is -2.44. The predicted octanol–water partition coefficient (Wildman–Crippen LogP) is -1.42. The number of hydrogen-bond acceptors (Lipinski definition) is 4. The molecule has 1 heterocycles. The molecule has 1 saturated heterocycles. The molecule has 1 saturated carbocycles. The van der Waals surface area contributed by atoms with E-state index in [4.69, 9.17) is 10.5 Å². The Balaban J connectivity index is 1.65. The van der Waals surface area contributed by atoms with Crippen LogP contribution in [0.4, 0.5) is 0 Å². The molecule has 0 aromatic rings. The lowest BCUT2D eigenvalue weighted by molar-refractivity contribution is -0.122. The van der Waals surface area contributed by atoms with Crippen molar-refractivity contribution in [1.82, 2.24) is 10.6 Å². The summed E-state index contributed by atoms with van der Waals surface area (Å²) in [4.78, 5) is 11.4. The van der Waals surface area contributed by atoms with E-state index in [1.807, 2.05) is 0 Å². The van der Waals surface area contributed by atoms with Crippen LogP contribution in [0, 0.1) is 0 Å². The van der Waals surface area contributed by atoms with Crippen molar-refractivity contribution >= 4 is 5.91 Å². The van der Waals surface area contributed by atoms with E-state index in [0.717, 1.165) is 19.6 Å². The molecule has 1 amide bonds. The third-order valence-corrected chi connectivity index (χ3v) is 2.62. The highest BCUT2D eigenvalue weighted by atomic mass is 16.5. The summed E-state index contributed by atoms with van der Waals surface area (Å²) in [6, 6.07) is 0.556. The number of hydrogen-bond donors (Lipinski definition) is 3. The first kappa shape index (κ1) is 9.89. The summed E-state index contributed by atoms with van der Waals surface area (Å²) in [5.41, 5.74) is 5.59. The van der Waals surface area contributed by atoms with E-state index in [1.165, 1.54) is 0 Å². The van der Waals surface area contributed by atoms with Crippen molar-refractivity contribution in [3.63, 3.8) is 0 Å². The second-order valence-corrected chi connectivity index (χ2v) is 4.00. The lowest BCUT2D eigenvalue weighted by Gasteiger charge is -2.23. The van der Waals surface area contributed by atoms with Crippen LogP contribution in [-0.2, 0) is 9.53 Å². The number of rotatable bonds is 3. The number of carbonyl (C=O) groups excluding carboxylic acids is 1. The van der Waals surface area contributed by atoms with Crippen LogP contribution in [-0.4, -0.2) is 43.8 Å². The molecule has 4 N–H and O–H groups in total. The largest absolute Gasteiger partial charge is 0.378 e. The number of ether oxygens (including phenoxy) is 1. The van der Waals surface area contributed by atoms with Crippen LogP contribution in [0.3, 0.4) is 0 Å².